The second kappa shape index (κ2) is 8.99. The lowest BCUT2D eigenvalue weighted by atomic mass is 10.2. The molecule has 3 amide bonds. The van der Waals surface area contributed by atoms with Gasteiger partial charge in [0.25, 0.3) is 5.91 Å². The van der Waals surface area contributed by atoms with Crippen LogP contribution in [-0.4, -0.2) is 79.0 Å². The van der Waals surface area contributed by atoms with Crippen molar-refractivity contribution in [3.63, 3.8) is 0 Å². The molecule has 2 aromatic rings. The number of morpholine rings is 1. The van der Waals surface area contributed by atoms with Gasteiger partial charge in [-0.1, -0.05) is 6.07 Å². The normalized spacial score (nSPS) is 21.9. The second-order valence-electron chi connectivity index (χ2n) is 7.11. The highest BCUT2D eigenvalue weighted by Crippen LogP contribution is 2.26. The lowest BCUT2D eigenvalue weighted by Crippen LogP contribution is -2.60. The van der Waals surface area contributed by atoms with Crippen molar-refractivity contribution in [1.82, 2.24) is 14.8 Å². The maximum Gasteiger partial charge on any atom is 0.322 e. The average molecular weight is 433 g/mol. The highest BCUT2D eigenvalue weighted by molar-refractivity contribution is 7.11. The fraction of sp³-hybridized carbons (Fsp3) is 0.450. The number of thiazole rings is 1. The molecule has 0 bridgehead atoms. The van der Waals surface area contributed by atoms with Gasteiger partial charge in [-0.3, -0.25) is 4.79 Å². The van der Waals surface area contributed by atoms with E-state index in [4.69, 9.17) is 14.2 Å². The van der Waals surface area contributed by atoms with Crippen LogP contribution in [0.5, 0.6) is 5.75 Å². The molecule has 2 fully saturated rings. The average Bonchev–Trinajstić information content (AvgIpc) is 3.23. The van der Waals surface area contributed by atoms with E-state index in [1.54, 1.807) is 40.6 Å². The van der Waals surface area contributed by atoms with E-state index < -0.39 is 5.79 Å². The van der Waals surface area contributed by atoms with Crippen molar-refractivity contribution in [3.05, 3.63) is 40.8 Å². The van der Waals surface area contributed by atoms with Gasteiger partial charge in [-0.15, -0.1) is 11.3 Å². The van der Waals surface area contributed by atoms with Gasteiger partial charge in [-0.05, 0) is 18.6 Å². The fourth-order valence-electron chi connectivity index (χ4n) is 3.58. The van der Waals surface area contributed by atoms with Crippen LogP contribution < -0.4 is 10.1 Å². The molecule has 10 heteroatoms. The first-order valence-electron chi connectivity index (χ1n) is 9.75. The summed E-state index contributed by atoms with van der Waals surface area (Å²) in [6.07, 6.45) is 2.29. The summed E-state index contributed by atoms with van der Waals surface area (Å²) in [5.41, 5.74) is 0.642. The minimum absolute atomic E-state index is 0.145. The van der Waals surface area contributed by atoms with Crippen molar-refractivity contribution in [1.29, 1.82) is 0 Å². The van der Waals surface area contributed by atoms with E-state index in [-0.39, 0.29) is 25.0 Å². The van der Waals surface area contributed by atoms with Crippen LogP contribution in [0.3, 0.4) is 0 Å². The molecule has 0 aliphatic carbocycles. The third-order valence-electron chi connectivity index (χ3n) is 5.04. The van der Waals surface area contributed by atoms with Gasteiger partial charge >= 0.3 is 6.03 Å². The van der Waals surface area contributed by atoms with Crippen LogP contribution in [0, 0.1) is 0 Å². The van der Waals surface area contributed by atoms with Crippen LogP contribution in [0.4, 0.5) is 10.5 Å². The number of rotatable bonds is 3. The molecule has 1 unspecified atom stereocenters. The summed E-state index contributed by atoms with van der Waals surface area (Å²) in [5, 5.41) is 5.11. The van der Waals surface area contributed by atoms with Crippen LogP contribution in [0.2, 0.25) is 0 Å². The Bertz CT molecular complexity index is 893. The van der Waals surface area contributed by atoms with Gasteiger partial charge in [0.05, 0.1) is 33.4 Å². The minimum Gasteiger partial charge on any atom is -0.497 e. The zero-order valence-electron chi connectivity index (χ0n) is 16.7. The van der Waals surface area contributed by atoms with Gasteiger partial charge in [0, 0.05) is 36.4 Å². The number of benzene rings is 1. The zero-order valence-corrected chi connectivity index (χ0v) is 17.5. The molecular weight excluding hydrogens is 408 g/mol. The topological polar surface area (TPSA) is 93.2 Å². The number of nitrogens with zero attached hydrogens (tertiary/aromatic N) is 3. The number of methoxy groups -OCH3 is 1. The standard InChI is InChI=1S/C20H24N4O5S/c1-27-16-5-2-4-15(12-16)22-19(26)24-7-3-9-28-20(14-24)13-23(8-10-29-20)18(25)17-21-6-11-30-17/h2,4-6,11-12H,3,7-10,13-14H2,1H3,(H,22,26). The van der Waals surface area contributed by atoms with Crippen LogP contribution in [-0.2, 0) is 9.47 Å². The summed E-state index contributed by atoms with van der Waals surface area (Å²) < 4.78 is 17.2. The van der Waals surface area contributed by atoms with E-state index in [1.807, 2.05) is 12.1 Å². The maximum absolute atomic E-state index is 12.9. The number of ether oxygens (including phenoxy) is 3. The smallest absolute Gasteiger partial charge is 0.322 e. The lowest BCUT2D eigenvalue weighted by molar-refractivity contribution is -0.258. The summed E-state index contributed by atoms with van der Waals surface area (Å²) in [4.78, 5) is 33.1. The SMILES string of the molecule is COc1cccc(NC(=O)N2CCCOC3(C2)CN(C(=O)c2nccs2)CCO3)c1. The van der Waals surface area contributed by atoms with E-state index in [9.17, 15) is 9.59 Å². The van der Waals surface area contributed by atoms with Crippen molar-refractivity contribution in [2.24, 2.45) is 0 Å². The van der Waals surface area contributed by atoms with Crippen molar-refractivity contribution in [3.8, 4) is 5.75 Å². The van der Waals surface area contributed by atoms with Crippen molar-refractivity contribution >= 4 is 29.0 Å². The monoisotopic (exact) mass is 432 g/mol. The Kier molecular flexibility index (Phi) is 6.16. The summed E-state index contributed by atoms with van der Waals surface area (Å²) >= 11 is 1.30. The van der Waals surface area contributed by atoms with E-state index >= 15 is 0 Å². The van der Waals surface area contributed by atoms with Crippen molar-refractivity contribution in [2.45, 2.75) is 12.2 Å². The highest BCUT2D eigenvalue weighted by Gasteiger charge is 2.43. The zero-order chi connectivity index (χ0) is 21.0. The largest absolute Gasteiger partial charge is 0.497 e. The molecule has 3 heterocycles. The Morgan fingerprint density at radius 2 is 2.03 bits per heavy atom. The molecule has 1 spiro atoms. The second-order valence-corrected chi connectivity index (χ2v) is 8.00. The van der Waals surface area contributed by atoms with E-state index in [2.05, 4.69) is 10.3 Å². The first kappa shape index (κ1) is 20.6. The van der Waals surface area contributed by atoms with Gasteiger partial charge in [-0.2, -0.15) is 0 Å². The summed E-state index contributed by atoms with van der Waals surface area (Å²) in [7, 11) is 1.58. The Morgan fingerprint density at radius 3 is 2.83 bits per heavy atom. The van der Waals surface area contributed by atoms with Gasteiger partial charge in [0.2, 0.25) is 5.79 Å². The van der Waals surface area contributed by atoms with Gasteiger partial charge < -0.3 is 29.3 Å². The molecule has 2 aliphatic rings. The van der Waals surface area contributed by atoms with Crippen LogP contribution in [0.15, 0.2) is 35.8 Å². The first-order chi connectivity index (χ1) is 14.6. The third-order valence-corrected chi connectivity index (χ3v) is 5.80. The molecule has 160 valence electrons. The molecule has 4 rings (SSSR count). The van der Waals surface area contributed by atoms with E-state index in [0.717, 1.165) is 0 Å². The van der Waals surface area contributed by atoms with E-state index in [0.29, 0.717) is 49.2 Å². The summed E-state index contributed by atoms with van der Waals surface area (Å²) in [6.45, 7) is 2.24. The minimum atomic E-state index is -1.05. The van der Waals surface area contributed by atoms with Crippen molar-refractivity contribution < 1.29 is 23.8 Å². The number of aromatic nitrogens is 1. The molecule has 1 aromatic carbocycles. The first-order valence-corrected chi connectivity index (χ1v) is 10.6. The number of nitrogens with one attached hydrogen (secondary N) is 1. The Labute approximate surface area is 178 Å². The van der Waals surface area contributed by atoms with Crippen LogP contribution >= 0.6 is 11.3 Å². The molecule has 0 saturated carbocycles. The highest BCUT2D eigenvalue weighted by atomic mass is 32.1. The number of carbonyl (C=O) groups excluding carboxylic acids is 2. The predicted molar refractivity (Wildman–Crippen MR) is 111 cm³/mol. The summed E-state index contributed by atoms with van der Waals surface area (Å²) in [6, 6.07) is 6.94. The van der Waals surface area contributed by atoms with Crippen LogP contribution in [0.1, 0.15) is 16.2 Å². The molecule has 1 aromatic heterocycles. The number of hydrogen-bond donors (Lipinski definition) is 1. The Balaban J connectivity index is 1.46. The number of carbonyl (C=O) groups is 2. The Hall–Kier alpha value is -2.69. The molecule has 0 radical (unpaired) electrons. The van der Waals surface area contributed by atoms with E-state index in [1.165, 1.54) is 11.3 Å². The molecule has 1 N–H and O–H groups in total. The molecule has 2 aliphatic heterocycles. The van der Waals surface area contributed by atoms with Crippen LogP contribution in [0.25, 0.3) is 0 Å². The molecular formula is C20H24N4O5S. The Morgan fingerprint density at radius 1 is 1.20 bits per heavy atom. The van der Waals surface area contributed by atoms with Gasteiger partial charge in [-0.25, -0.2) is 9.78 Å². The third kappa shape index (κ3) is 4.55. The maximum atomic E-state index is 12.9. The molecule has 30 heavy (non-hydrogen) atoms. The molecule has 9 nitrogen and oxygen atoms in total. The van der Waals surface area contributed by atoms with Gasteiger partial charge in [0.15, 0.2) is 5.01 Å². The lowest BCUT2D eigenvalue weighted by Gasteiger charge is -2.42. The molecule has 2 saturated heterocycles. The number of amides is 3. The number of anilines is 1. The summed E-state index contributed by atoms with van der Waals surface area (Å²) in [5.74, 6) is -0.531. The van der Waals surface area contributed by atoms with Crippen molar-refractivity contribution in [2.75, 3.05) is 51.8 Å². The molecule has 1 atom stereocenters. The van der Waals surface area contributed by atoms with Gasteiger partial charge in [0.1, 0.15) is 5.75 Å². The number of urea groups is 1. The predicted octanol–water partition coefficient (Wildman–Crippen LogP) is 2.27. The quantitative estimate of drug-likeness (QED) is 0.800. The number of hydrogen-bond acceptors (Lipinski definition) is 7. The fourth-order valence-corrected chi connectivity index (χ4v) is 4.19.